The van der Waals surface area contributed by atoms with Crippen molar-refractivity contribution in [2.24, 2.45) is 11.3 Å². The van der Waals surface area contributed by atoms with Crippen LogP contribution in [0, 0.1) is 17.2 Å². The number of hydrogen-bond acceptors (Lipinski definition) is 2. The number of carboxylic acids is 1. The Bertz CT molecular complexity index is 589. The fraction of sp³-hybridized carbons (Fsp3) is 0.500. The minimum atomic E-state index is -0.800. The number of carboxylic acid groups (broad SMARTS) is 1. The number of aliphatic carboxylic acids is 1. The van der Waals surface area contributed by atoms with Crippen molar-refractivity contribution < 1.29 is 19.1 Å². The first-order chi connectivity index (χ1) is 10.0. The van der Waals surface area contributed by atoms with E-state index in [1.165, 1.54) is 6.07 Å². The highest BCUT2D eigenvalue weighted by Crippen LogP contribution is 2.48. The molecule has 3 rings (SSSR count). The number of carbonyl (C=O) groups is 2. The van der Waals surface area contributed by atoms with Crippen LogP contribution in [0.25, 0.3) is 0 Å². The Morgan fingerprint density at radius 1 is 1.38 bits per heavy atom. The van der Waals surface area contributed by atoms with Gasteiger partial charge in [-0.25, -0.2) is 4.39 Å². The molecule has 1 saturated heterocycles. The molecule has 1 aromatic rings. The second-order valence-corrected chi connectivity index (χ2v) is 6.09. The highest BCUT2D eigenvalue weighted by Gasteiger charge is 2.55. The lowest BCUT2D eigenvalue weighted by atomic mass is 9.81. The molecule has 2 aliphatic rings. The molecule has 4 nitrogen and oxygen atoms in total. The second-order valence-electron chi connectivity index (χ2n) is 6.09. The van der Waals surface area contributed by atoms with Crippen LogP contribution in [-0.2, 0) is 16.0 Å². The van der Waals surface area contributed by atoms with E-state index >= 15 is 0 Å². The van der Waals surface area contributed by atoms with Gasteiger partial charge in [0.2, 0.25) is 5.91 Å². The van der Waals surface area contributed by atoms with Crippen LogP contribution in [-0.4, -0.2) is 35.0 Å². The van der Waals surface area contributed by atoms with Crippen LogP contribution < -0.4 is 0 Å². The van der Waals surface area contributed by atoms with Gasteiger partial charge in [-0.2, -0.15) is 0 Å². The third-order valence-electron chi connectivity index (χ3n) is 4.95. The van der Waals surface area contributed by atoms with Crippen LogP contribution in [0.5, 0.6) is 0 Å². The molecule has 21 heavy (non-hydrogen) atoms. The second kappa shape index (κ2) is 5.13. The Morgan fingerprint density at radius 3 is 2.81 bits per heavy atom. The molecule has 2 fully saturated rings. The first-order valence-corrected chi connectivity index (χ1v) is 7.27. The molecule has 0 radical (unpaired) electrons. The van der Waals surface area contributed by atoms with Gasteiger partial charge in [0, 0.05) is 13.1 Å². The molecule has 1 N–H and O–H groups in total. The van der Waals surface area contributed by atoms with Crippen molar-refractivity contribution in [1.82, 2.24) is 4.90 Å². The summed E-state index contributed by atoms with van der Waals surface area (Å²) in [7, 11) is 0. The number of nitrogens with zero attached hydrogens (tertiary/aromatic N) is 1. The summed E-state index contributed by atoms with van der Waals surface area (Å²) in [5.74, 6) is -1.33. The SMILES string of the molecule is O=C(Cc1ccccc1F)N1C[C@@H]2CCC[C@@]2(C(=O)O)C1. The van der Waals surface area contributed by atoms with Crippen molar-refractivity contribution in [3.05, 3.63) is 35.6 Å². The predicted molar refractivity (Wildman–Crippen MR) is 74.1 cm³/mol. The van der Waals surface area contributed by atoms with Crippen LogP contribution in [0.1, 0.15) is 24.8 Å². The van der Waals surface area contributed by atoms with E-state index in [4.69, 9.17) is 0 Å². The molecule has 5 heteroatoms. The summed E-state index contributed by atoms with van der Waals surface area (Å²) in [6.07, 6.45) is 2.40. The Balaban J connectivity index is 1.73. The fourth-order valence-corrected chi connectivity index (χ4v) is 3.75. The van der Waals surface area contributed by atoms with E-state index in [2.05, 4.69) is 0 Å². The Morgan fingerprint density at radius 2 is 2.14 bits per heavy atom. The van der Waals surface area contributed by atoms with Crippen molar-refractivity contribution in [3.8, 4) is 0 Å². The standard InChI is InChI=1S/C16H18FNO3/c17-13-6-2-1-4-11(13)8-14(19)18-9-12-5-3-7-16(12,10-18)15(20)21/h1-2,4,6,12H,3,5,7-10H2,(H,20,21)/t12-,16+/m0/s1. The number of rotatable bonds is 3. The maximum atomic E-state index is 13.6. The van der Waals surface area contributed by atoms with E-state index in [1.54, 1.807) is 23.1 Å². The largest absolute Gasteiger partial charge is 0.481 e. The van der Waals surface area contributed by atoms with Gasteiger partial charge < -0.3 is 10.0 Å². The van der Waals surface area contributed by atoms with Gasteiger partial charge in [-0.15, -0.1) is 0 Å². The minimum absolute atomic E-state index is 0.00487. The van der Waals surface area contributed by atoms with Crippen LogP contribution in [0.2, 0.25) is 0 Å². The van der Waals surface area contributed by atoms with Gasteiger partial charge >= 0.3 is 5.97 Å². The summed E-state index contributed by atoms with van der Waals surface area (Å²) < 4.78 is 13.6. The average Bonchev–Trinajstić information content (AvgIpc) is 2.99. The number of carbonyl (C=O) groups excluding carboxylic acids is 1. The summed E-state index contributed by atoms with van der Waals surface area (Å²) in [6, 6.07) is 6.21. The molecule has 0 bridgehead atoms. The lowest BCUT2D eigenvalue weighted by Crippen LogP contribution is -2.37. The molecule has 1 aliphatic carbocycles. The molecule has 0 aromatic heterocycles. The van der Waals surface area contributed by atoms with Gasteiger partial charge in [0.1, 0.15) is 5.82 Å². The zero-order valence-electron chi connectivity index (χ0n) is 11.7. The quantitative estimate of drug-likeness (QED) is 0.927. The van der Waals surface area contributed by atoms with Gasteiger partial charge in [-0.3, -0.25) is 9.59 Å². The van der Waals surface area contributed by atoms with E-state index in [1.807, 2.05) is 0 Å². The van der Waals surface area contributed by atoms with Gasteiger partial charge in [0.05, 0.1) is 11.8 Å². The average molecular weight is 291 g/mol. The molecule has 112 valence electrons. The van der Waals surface area contributed by atoms with Crippen LogP contribution in [0.15, 0.2) is 24.3 Å². The van der Waals surface area contributed by atoms with Crippen molar-refractivity contribution in [1.29, 1.82) is 0 Å². The zero-order valence-corrected chi connectivity index (χ0v) is 11.7. The van der Waals surface area contributed by atoms with E-state index in [-0.39, 0.29) is 24.8 Å². The van der Waals surface area contributed by atoms with E-state index in [0.717, 1.165) is 12.8 Å². The summed E-state index contributed by atoms with van der Waals surface area (Å²) in [6.45, 7) is 0.750. The van der Waals surface area contributed by atoms with E-state index in [0.29, 0.717) is 18.5 Å². The zero-order chi connectivity index (χ0) is 15.0. The van der Waals surface area contributed by atoms with Gasteiger partial charge in [-0.05, 0) is 30.4 Å². The molecule has 2 atom stereocenters. The van der Waals surface area contributed by atoms with Gasteiger partial charge in [0.25, 0.3) is 0 Å². The smallest absolute Gasteiger partial charge is 0.311 e. The number of hydrogen-bond donors (Lipinski definition) is 1. The topological polar surface area (TPSA) is 57.6 Å². The minimum Gasteiger partial charge on any atom is -0.481 e. The molecule has 1 amide bonds. The van der Waals surface area contributed by atoms with E-state index in [9.17, 15) is 19.1 Å². The number of likely N-dealkylation sites (tertiary alicyclic amines) is 1. The maximum absolute atomic E-state index is 13.6. The molecule has 1 aromatic carbocycles. The Kier molecular flexibility index (Phi) is 3.43. The molecular formula is C16H18FNO3. The monoisotopic (exact) mass is 291 g/mol. The summed E-state index contributed by atoms with van der Waals surface area (Å²) in [5.41, 5.74) is -0.408. The summed E-state index contributed by atoms with van der Waals surface area (Å²) in [5, 5.41) is 9.51. The van der Waals surface area contributed by atoms with Crippen LogP contribution in [0.4, 0.5) is 4.39 Å². The number of halogens is 1. The Labute approximate surface area is 122 Å². The van der Waals surface area contributed by atoms with Crippen molar-refractivity contribution in [3.63, 3.8) is 0 Å². The molecular weight excluding hydrogens is 273 g/mol. The highest BCUT2D eigenvalue weighted by molar-refractivity contribution is 5.82. The first kappa shape index (κ1) is 14.0. The molecule has 0 spiro atoms. The summed E-state index contributed by atoms with van der Waals surface area (Å²) >= 11 is 0. The van der Waals surface area contributed by atoms with Crippen molar-refractivity contribution >= 4 is 11.9 Å². The highest BCUT2D eigenvalue weighted by atomic mass is 19.1. The summed E-state index contributed by atoms with van der Waals surface area (Å²) in [4.78, 5) is 25.5. The first-order valence-electron chi connectivity index (χ1n) is 7.27. The normalized spacial score (nSPS) is 27.7. The van der Waals surface area contributed by atoms with Gasteiger partial charge in [0.15, 0.2) is 0 Å². The molecule has 0 unspecified atom stereocenters. The number of benzene rings is 1. The molecule has 1 saturated carbocycles. The third-order valence-corrected chi connectivity index (χ3v) is 4.95. The van der Waals surface area contributed by atoms with Crippen molar-refractivity contribution in [2.75, 3.05) is 13.1 Å². The molecule has 1 heterocycles. The van der Waals surface area contributed by atoms with Crippen LogP contribution in [0.3, 0.4) is 0 Å². The van der Waals surface area contributed by atoms with Crippen molar-refractivity contribution in [2.45, 2.75) is 25.7 Å². The van der Waals surface area contributed by atoms with Gasteiger partial charge in [-0.1, -0.05) is 24.6 Å². The fourth-order valence-electron chi connectivity index (χ4n) is 3.75. The van der Waals surface area contributed by atoms with E-state index < -0.39 is 17.2 Å². The molecule has 1 aliphatic heterocycles. The lowest BCUT2D eigenvalue weighted by molar-refractivity contribution is -0.149. The number of amides is 1. The predicted octanol–water partition coefficient (Wildman–Crippen LogP) is 2.08. The Hall–Kier alpha value is -1.91. The maximum Gasteiger partial charge on any atom is 0.311 e. The lowest BCUT2D eigenvalue weighted by Gasteiger charge is -2.23. The third kappa shape index (κ3) is 2.30. The van der Waals surface area contributed by atoms with Crippen LogP contribution >= 0.6 is 0 Å². The number of fused-ring (bicyclic) bond motifs is 1.